The second-order valence-corrected chi connectivity index (χ2v) is 5.60. The van der Waals surface area contributed by atoms with Crippen LogP contribution in [0, 0.1) is 23.7 Å². The van der Waals surface area contributed by atoms with Crippen LogP contribution in [0.15, 0.2) is 24.5 Å². The number of carbonyl (C=O) groups excluding carboxylic acids is 2. The number of hydrogen-bond donors (Lipinski definition) is 0. The van der Waals surface area contributed by atoms with Gasteiger partial charge in [-0.05, 0) is 43.2 Å². The van der Waals surface area contributed by atoms with E-state index in [1.54, 1.807) is 24.5 Å². The van der Waals surface area contributed by atoms with E-state index in [1.807, 2.05) is 0 Å². The maximum Gasteiger partial charge on any atom is 0.237 e. The Balaban J connectivity index is 1.76. The molecular weight excluding hydrogens is 228 g/mol. The smallest absolute Gasteiger partial charge is 0.237 e. The molecule has 3 fully saturated rings. The van der Waals surface area contributed by atoms with Crippen LogP contribution in [-0.2, 0) is 9.59 Å². The lowest BCUT2D eigenvalue weighted by Crippen LogP contribution is -2.32. The Morgan fingerprint density at radius 2 is 1.56 bits per heavy atom. The average Bonchev–Trinajstić information content (AvgIpc) is 3.05. The third-order valence-electron chi connectivity index (χ3n) is 4.85. The Kier molecular flexibility index (Phi) is 1.93. The molecule has 2 bridgehead atoms. The Labute approximate surface area is 105 Å². The molecule has 0 N–H and O–H groups in total. The van der Waals surface area contributed by atoms with E-state index in [0.717, 1.165) is 19.3 Å². The third kappa shape index (κ3) is 1.13. The Hall–Kier alpha value is -1.71. The minimum atomic E-state index is -0.0376. The zero-order valence-electron chi connectivity index (χ0n) is 9.95. The number of nitrogens with zero attached hydrogens (tertiary/aromatic N) is 2. The number of rotatable bonds is 1. The molecular formula is C14H14N2O2. The predicted molar refractivity (Wildman–Crippen MR) is 64.5 cm³/mol. The Bertz CT molecular complexity index is 500. The molecule has 2 amide bonds. The summed E-state index contributed by atoms with van der Waals surface area (Å²) in [6.07, 6.45) is 6.57. The van der Waals surface area contributed by atoms with E-state index in [9.17, 15) is 9.59 Å². The van der Waals surface area contributed by atoms with Gasteiger partial charge in [0.25, 0.3) is 0 Å². The van der Waals surface area contributed by atoms with Crippen molar-refractivity contribution in [3.63, 3.8) is 0 Å². The minimum absolute atomic E-state index is 0.0170. The lowest BCUT2D eigenvalue weighted by molar-refractivity contribution is -0.123. The maximum absolute atomic E-state index is 12.5. The molecule has 1 aliphatic heterocycles. The monoisotopic (exact) mass is 242 g/mol. The van der Waals surface area contributed by atoms with Gasteiger partial charge >= 0.3 is 0 Å². The van der Waals surface area contributed by atoms with E-state index in [2.05, 4.69) is 4.98 Å². The SMILES string of the molecule is O=C1[C@@H]2[C@@H]3CC[C@@H](C3)[C@@H]2C(=O)N1c1ccncc1. The minimum Gasteiger partial charge on any atom is -0.274 e. The van der Waals surface area contributed by atoms with Crippen LogP contribution in [0.2, 0.25) is 0 Å². The normalized spacial score (nSPS) is 37.4. The molecule has 0 aromatic carbocycles. The van der Waals surface area contributed by atoms with Gasteiger partial charge in [-0.25, -0.2) is 4.90 Å². The molecule has 4 nitrogen and oxygen atoms in total. The van der Waals surface area contributed by atoms with Crippen LogP contribution in [0.25, 0.3) is 0 Å². The second-order valence-electron chi connectivity index (χ2n) is 5.60. The molecule has 2 heterocycles. The van der Waals surface area contributed by atoms with Crippen LogP contribution in [0.3, 0.4) is 0 Å². The maximum atomic E-state index is 12.5. The summed E-state index contributed by atoms with van der Waals surface area (Å²) in [7, 11) is 0. The molecule has 1 aromatic rings. The summed E-state index contributed by atoms with van der Waals surface area (Å²) in [5.74, 6) is 0.854. The Morgan fingerprint density at radius 3 is 2.11 bits per heavy atom. The highest BCUT2D eigenvalue weighted by Gasteiger charge is 2.61. The van der Waals surface area contributed by atoms with Crippen LogP contribution in [0.4, 0.5) is 5.69 Å². The summed E-state index contributed by atoms with van der Waals surface area (Å²) < 4.78 is 0. The first-order valence-corrected chi connectivity index (χ1v) is 6.55. The zero-order chi connectivity index (χ0) is 12.3. The summed E-state index contributed by atoms with van der Waals surface area (Å²) in [5.41, 5.74) is 0.675. The number of imide groups is 1. The quantitative estimate of drug-likeness (QED) is 0.703. The van der Waals surface area contributed by atoms with Gasteiger partial charge in [0.05, 0.1) is 17.5 Å². The van der Waals surface area contributed by atoms with Crippen molar-refractivity contribution in [2.45, 2.75) is 19.3 Å². The Morgan fingerprint density at radius 1 is 1.00 bits per heavy atom. The van der Waals surface area contributed by atoms with E-state index in [-0.39, 0.29) is 23.7 Å². The molecule has 3 aliphatic rings. The van der Waals surface area contributed by atoms with Crippen molar-refractivity contribution in [2.75, 3.05) is 4.90 Å². The number of amides is 2. The zero-order valence-corrected chi connectivity index (χ0v) is 9.95. The van der Waals surface area contributed by atoms with Gasteiger partial charge in [-0.2, -0.15) is 0 Å². The molecule has 1 saturated heterocycles. The lowest BCUT2D eigenvalue weighted by atomic mass is 9.81. The van der Waals surface area contributed by atoms with Gasteiger partial charge in [-0.3, -0.25) is 14.6 Å². The molecule has 2 saturated carbocycles. The molecule has 4 rings (SSSR count). The first-order chi connectivity index (χ1) is 8.77. The van der Waals surface area contributed by atoms with Crippen molar-refractivity contribution in [1.82, 2.24) is 4.98 Å². The van der Waals surface area contributed by atoms with Gasteiger partial charge in [-0.15, -0.1) is 0 Å². The molecule has 1 aromatic heterocycles. The topological polar surface area (TPSA) is 50.3 Å². The third-order valence-corrected chi connectivity index (χ3v) is 4.85. The molecule has 4 atom stereocenters. The number of anilines is 1. The van der Waals surface area contributed by atoms with Crippen molar-refractivity contribution >= 4 is 17.5 Å². The molecule has 4 heteroatoms. The van der Waals surface area contributed by atoms with Gasteiger partial charge in [0.2, 0.25) is 11.8 Å². The van der Waals surface area contributed by atoms with Crippen molar-refractivity contribution in [2.24, 2.45) is 23.7 Å². The summed E-state index contributed by atoms with van der Waals surface area (Å²) in [6.45, 7) is 0. The van der Waals surface area contributed by atoms with Crippen LogP contribution in [-0.4, -0.2) is 16.8 Å². The van der Waals surface area contributed by atoms with E-state index in [1.165, 1.54) is 4.90 Å². The van der Waals surface area contributed by atoms with E-state index >= 15 is 0 Å². The van der Waals surface area contributed by atoms with Crippen molar-refractivity contribution < 1.29 is 9.59 Å². The highest BCUT2D eigenvalue weighted by molar-refractivity contribution is 6.22. The van der Waals surface area contributed by atoms with Crippen LogP contribution in [0.5, 0.6) is 0 Å². The molecule has 0 radical (unpaired) electrons. The standard InChI is InChI=1S/C14H14N2O2/c17-13-11-8-1-2-9(7-8)12(11)14(18)16(13)10-3-5-15-6-4-10/h3-6,8-9,11-12H,1-2,7H2/t8-,9+,11-,12+. The van der Waals surface area contributed by atoms with Gasteiger partial charge in [0, 0.05) is 12.4 Å². The van der Waals surface area contributed by atoms with Gasteiger partial charge in [-0.1, -0.05) is 0 Å². The van der Waals surface area contributed by atoms with Gasteiger partial charge in [0.1, 0.15) is 0 Å². The fourth-order valence-corrected chi connectivity index (χ4v) is 4.16. The first kappa shape index (κ1) is 10.2. The fourth-order valence-electron chi connectivity index (χ4n) is 4.16. The van der Waals surface area contributed by atoms with E-state index < -0.39 is 0 Å². The van der Waals surface area contributed by atoms with E-state index in [4.69, 9.17) is 0 Å². The highest BCUT2D eigenvalue weighted by Crippen LogP contribution is 2.56. The first-order valence-electron chi connectivity index (χ1n) is 6.55. The number of aromatic nitrogens is 1. The molecule has 2 aliphatic carbocycles. The molecule has 92 valence electrons. The van der Waals surface area contributed by atoms with Gasteiger partial charge < -0.3 is 0 Å². The summed E-state index contributed by atoms with van der Waals surface area (Å²) in [6, 6.07) is 3.47. The van der Waals surface area contributed by atoms with Crippen LogP contribution in [0.1, 0.15) is 19.3 Å². The van der Waals surface area contributed by atoms with Crippen molar-refractivity contribution in [3.05, 3.63) is 24.5 Å². The fraction of sp³-hybridized carbons (Fsp3) is 0.500. The van der Waals surface area contributed by atoms with Crippen LogP contribution >= 0.6 is 0 Å². The van der Waals surface area contributed by atoms with Crippen LogP contribution < -0.4 is 4.90 Å². The second kappa shape index (κ2) is 3.40. The van der Waals surface area contributed by atoms with E-state index in [0.29, 0.717) is 17.5 Å². The average molecular weight is 242 g/mol. The molecule has 0 spiro atoms. The summed E-state index contributed by atoms with van der Waals surface area (Å²) in [4.78, 5) is 30.3. The highest BCUT2D eigenvalue weighted by atomic mass is 16.2. The largest absolute Gasteiger partial charge is 0.274 e. The number of hydrogen-bond acceptors (Lipinski definition) is 3. The molecule has 18 heavy (non-hydrogen) atoms. The summed E-state index contributed by atoms with van der Waals surface area (Å²) in [5, 5.41) is 0. The summed E-state index contributed by atoms with van der Waals surface area (Å²) >= 11 is 0. The van der Waals surface area contributed by atoms with Crippen molar-refractivity contribution in [1.29, 1.82) is 0 Å². The number of carbonyl (C=O) groups is 2. The van der Waals surface area contributed by atoms with Crippen molar-refractivity contribution in [3.8, 4) is 0 Å². The number of fused-ring (bicyclic) bond motifs is 5. The lowest BCUT2D eigenvalue weighted by Gasteiger charge is -2.19. The number of pyridine rings is 1. The van der Waals surface area contributed by atoms with Gasteiger partial charge in [0.15, 0.2) is 0 Å². The molecule has 0 unspecified atom stereocenters. The predicted octanol–water partition coefficient (Wildman–Crippen LogP) is 1.62.